The molecule has 18 heavy (non-hydrogen) atoms. The second-order valence-electron chi connectivity index (χ2n) is 4.38. The summed E-state index contributed by atoms with van der Waals surface area (Å²) in [5, 5.41) is 10.4. The minimum absolute atomic E-state index is 0.161. The van der Waals surface area contributed by atoms with E-state index in [0.717, 1.165) is 24.9 Å². The van der Waals surface area contributed by atoms with Crippen molar-refractivity contribution >= 4 is 23.2 Å². The fourth-order valence-electron chi connectivity index (χ4n) is 2.21. The second-order valence-corrected chi connectivity index (χ2v) is 5.16. The van der Waals surface area contributed by atoms with Gasteiger partial charge in [-0.05, 0) is 24.5 Å². The third-order valence-electron chi connectivity index (χ3n) is 3.25. The molecule has 1 N–H and O–H groups in total. The van der Waals surface area contributed by atoms with Gasteiger partial charge < -0.3 is 5.11 Å². The van der Waals surface area contributed by atoms with E-state index in [2.05, 4.69) is 18.7 Å². The molecule has 0 aliphatic heterocycles. The first-order valence-corrected chi connectivity index (χ1v) is 7.17. The fraction of sp³-hybridized carbons (Fsp3) is 0.571. The van der Waals surface area contributed by atoms with Gasteiger partial charge in [0.05, 0.1) is 16.7 Å². The van der Waals surface area contributed by atoms with E-state index in [1.54, 1.807) is 6.07 Å². The molecule has 102 valence electrons. The molecule has 1 aromatic carbocycles. The molecule has 1 rings (SSSR count). The highest BCUT2D eigenvalue weighted by atomic mass is 35.5. The van der Waals surface area contributed by atoms with E-state index < -0.39 is 0 Å². The molecule has 1 aromatic rings. The SMILES string of the molecule is CCC(CC)N(CCO)Cc1cccc(Cl)c1Cl. The minimum Gasteiger partial charge on any atom is -0.395 e. The maximum absolute atomic E-state index is 9.18. The smallest absolute Gasteiger partial charge is 0.0637 e. The summed E-state index contributed by atoms with van der Waals surface area (Å²) in [5.74, 6) is 0. The Morgan fingerprint density at radius 3 is 2.44 bits per heavy atom. The Kier molecular flexibility index (Phi) is 7.02. The summed E-state index contributed by atoms with van der Waals surface area (Å²) in [6.07, 6.45) is 2.13. The van der Waals surface area contributed by atoms with Gasteiger partial charge in [0.25, 0.3) is 0 Å². The average molecular weight is 290 g/mol. The molecule has 0 aliphatic rings. The number of rotatable bonds is 7. The summed E-state index contributed by atoms with van der Waals surface area (Å²) in [4.78, 5) is 2.26. The van der Waals surface area contributed by atoms with E-state index in [1.807, 2.05) is 12.1 Å². The van der Waals surface area contributed by atoms with Crippen molar-refractivity contribution < 1.29 is 5.11 Å². The molecular formula is C14H21Cl2NO. The third-order valence-corrected chi connectivity index (χ3v) is 4.11. The first-order valence-electron chi connectivity index (χ1n) is 6.41. The molecule has 0 atom stereocenters. The number of aliphatic hydroxyl groups is 1. The summed E-state index contributed by atoms with van der Waals surface area (Å²) >= 11 is 12.2. The highest BCUT2D eigenvalue weighted by molar-refractivity contribution is 6.42. The Labute approximate surface area is 120 Å². The van der Waals surface area contributed by atoms with Crippen molar-refractivity contribution in [3.05, 3.63) is 33.8 Å². The van der Waals surface area contributed by atoms with Crippen LogP contribution in [0.15, 0.2) is 18.2 Å². The van der Waals surface area contributed by atoms with Crippen molar-refractivity contribution in [2.75, 3.05) is 13.2 Å². The van der Waals surface area contributed by atoms with Gasteiger partial charge in [-0.3, -0.25) is 4.90 Å². The molecule has 0 spiro atoms. The highest BCUT2D eigenvalue weighted by Gasteiger charge is 2.16. The Morgan fingerprint density at radius 1 is 1.22 bits per heavy atom. The number of hydrogen-bond acceptors (Lipinski definition) is 2. The molecular weight excluding hydrogens is 269 g/mol. The van der Waals surface area contributed by atoms with Crippen LogP contribution in [0.4, 0.5) is 0 Å². The lowest BCUT2D eigenvalue weighted by atomic mass is 10.1. The molecule has 0 fully saturated rings. The molecule has 0 heterocycles. The number of benzene rings is 1. The number of aliphatic hydroxyl groups excluding tert-OH is 1. The van der Waals surface area contributed by atoms with Gasteiger partial charge in [-0.15, -0.1) is 0 Å². The van der Waals surface area contributed by atoms with Crippen LogP contribution in [-0.4, -0.2) is 29.2 Å². The van der Waals surface area contributed by atoms with E-state index in [0.29, 0.717) is 22.6 Å². The zero-order valence-corrected chi connectivity index (χ0v) is 12.5. The van der Waals surface area contributed by atoms with Gasteiger partial charge in [-0.25, -0.2) is 0 Å². The van der Waals surface area contributed by atoms with Gasteiger partial charge in [0.1, 0.15) is 0 Å². The maximum atomic E-state index is 9.18. The van der Waals surface area contributed by atoms with Crippen molar-refractivity contribution in [3.63, 3.8) is 0 Å². The van der Waals surface area contributed by atoms with E-state index in [9.17, 15) is 5.11 Å². The standard InChI is InChI=1S/C14H21Cl2NO/c1-3-12(4-2)17(8-9-18)10-11-6-5-7-13(15)14(11)16/h5-7,12,18H,3-4,8-10H2,1-2H3. The van der Waals surface area contributed by atoms with E-state index >= 15 is 0 Å². The maximum Gasteiger partial charge on any atom is 0.0637 e. The van der Waals surface area contributed by atoms with Crippen LogP contribution < -0.4 is 0 Å². The summed E-state index contributed by atoms with van der Waals surface area (Å²) in [5.41, 5.74) is 1.02. The molecule has 0 aromatic heterocycles. The van der Waals surface area contributed by atoms with Gasteiger partial charge in [-0.1, -0.05) is 49.2 Å². The molecule has 0 saturated heterocycles. The largest absolute Gasteiger partial charge is 0.395 e. The van der Waals surface area contributed by atoms with E-state index in [4.69, 9.17) is 23.2 Å². The lowest BCUT2D eigenvalue weighted by molar-refractivity contribution is 0.136. The van der Waals surface area contributed by atoms with E-state index in [-0.39, 0.29) is 6.61 Å². The molecule has 0 unspecified atom stereocenters. The first-order chi connectivity index (χ1) is 8.63. The van der Waals surface area contributed by atoms with Crippen molar-refractivity contribution in [2.24, 2.45) is 0 Å². The quantitative estimate of drug-likeness (QED) is 0.821. The summed E-state index contributed by atoms with van der Waals surface area (Å²) in [6.45, 7) is 5.88. The molecule has 0 bridgehead atoms. The first kappa shape index (κ1) is 15.8. The van der Waals surface area contributed by atoms with Gasteiger partial charge in [0.15, 0.2) is 0 Å². The molecule has 0 aliphatic carbocycles. The van der Waals surface area contributed by atoms with Crippen molar-refractivity contribution in [2.45, 2.75) is 39.3 Å². The summed E-state index contributed by atoms with van der Waals surface area (Å²) in [7, 11) is 0. The summed E-state index contributed by atoms with van der Waals surface area (Å²) < 4.78 is 0. The van der Waals surface area contributed by atoms with Crippen LogP contribution >= 0.6 is 23.2 Å². The van der Waals surface area contributed by atoms with Crippen LogP contribution in [0.25, 0.3) is 0 Å². The van der Waals surface area contributed by atoms with Crippen LogP contribution in [0.3, 0.4) is 0 Å². The van der Waals surface area contributed by atoms with Gasteiger partial charge in [0, 0.05) is 19.1 Å². The van der Waals surface area contributed by atoms with Crippen LogP contribution in [0.2, 0.25) is 10.0 Å². The average Bonchev–Trinajstić information content (AvgIpc) is 2.36. The molecule has 4 heteroatoms. The number of hydrogen-bond donors (Lipinski definition) is 1. The zero-order valence-electron chi connectivity index (χ0n) is 11.0. The number of halogens is 2. The monoisotopic (exact) mass is 289 g/mol. The second kappa shape index (κ2) is 8.00. The topological polar surface area (TPSA) is 23.5 Å². The third kappa shape index (κ3) is 4.13. The predicted octanol–water partition coefficient (Wildman–Crippen LogP) is 3.98. The van der Waals surface area contributed by atoms with Crippen molar-refractivity contribution in [3.8, 4) is 0 Å². The lowest BCUT2D eigenvalue weighted by Crippen LogP contribution is -2.36. The molecule has 0 amide bonds. The Morgan fingerprint density at radius 2 is 1.89 bits per heavy atom. The molecule has 2 nitrogen and oxygen atoms in total. The van der Waals surface area contributed by atoms with Crippen molar-refractivity contribution in [1.29, 1.82) is 0 Å². The summed E-state index contributed by atoms with van der Waals surface area (Å²) in [6, 6.07) is 6.15. The minimum atomic E-state index is 0.161. The van der Waals surface area contributed by atoms with Crippen molar-refractivity contribution in [1.82, 2.24) is 4.90 Å². The highest BCUT2D eigenvalue weighted by Crippen LogP contribution is 2.27. The predicted molar refractivity (Wildman–Crippen MR) is 78.3 cm³/mol. The lowest BCUT2D eigenvalue weighted by Gasteiger charge is -2.30. The Bertz CT molecular complexity index is 367. The van der Waals surface area contributed by atoms with Crippen LogP contribution in [0.5, 0.6) is 0 Å². The zero-order chi connectivity index (χ0) is 13.5. The normalized spacial score (nSPS) is 11.5. The molecule has 0 radical (unpaired) electrons. The van der Waals surface area contributed by atoms with Gasteiger partial charge >= 0.3 is 0 Å². The fourth-order valence-corrected chi connectivity index (χ4v) is 2.59. The molecule has 0 saturated carbocycles. The number of nitrogens with zero attached hydrogens (tertiary/aromatic N) is 1. The van der Waals surface area contributed by atoms with Gasteiger partial charge in [-0.2, -0.15) is 0 Å². The Balaban J connectivity index is 2.85. The van der Waals surface area contributed by atoms with Crippen LogP contribution in [0, 0.1) is 0 Å². The van der Waals surface area contributed by atoms with Crippen LogP contribution in [-0.2, 0) is 6.54 Å². The van der Waals surface area contributed by atoms with E-state index in [1.165, 1.54) is 0 Å². The Hall–Kier alpha value is -0.280. The van der Waals surface area contributed by atoms with Crippen LogP contribution in [0.1, 0.15) is 32.3 Å². The van der Waals surface area contributed by atoms with Gasteiger partial charge in [0.2, 0.25) is 0 Å².